The summed E-state index contributed by atoms with van der Waals surface area (Å²) in [5.74, 6) is 0.137. The van der Waals surface area contributed by atoms with Crippen molar-refractivity contribution in [2.75, 3.05) is 0 Å². The van der Waals surface area contributed by atoms with Crippen molar-refractivity contribution < 1.29 is 14.6 Å². The van der Waals surface area contributed by atoms with Gasteiger partial charge in [-0.3, -0.25) is 0 Å². The normalized spacial score (nSPS) is 27.3. The molecule has 31 heavy (non-hydrogen) atoms. The van der Waals surface area contributed by atoms with Crippen molar-refractivity contribution in [1.29, 1.82) is 0 Å². The van der Waals surface area contributed by atoms with E-state index in [9.17, 15) is 9.90 Å². The van der Waals surface area contributed by atoms with E-state index >= 15 is 0 Å². The van der Waals surface area contributed by atoms with Crippen molar-refractivity contribution in [3.63, 3.8) is 0 Å². The van der Waals surface area contributed by atoms with Gasteiger partial charge in [0, 0.05) is 11.0 Å². The van der Waals surface area contributed by atoms with Gasteiger partial charge in [-0.15, -0.1) is 0 Å². The molecule has 2 aromatic carbocycles. The summed E-state index contributed by atoms with van der Waals surface area (Å²) < 4.78 is 6.22. The predicted octanol–water partition coefficient (Wildman–Crippen LogP) is 6.02. The highest BCUT2D eigenvalue weighted by molar-refractivity contribution is 5.87. The zero-order chi connectivity index (χ0) is 22.3. The van der Waals surface area contributed by atoms with Crippen LogP contribution in [-0.4, -0.2) is 17.2 Å². The molecule has 0 saturated heterocycles. The summed E-state index contributed by atoms with van der Waals surface area (Å²) >= 11 is 0. The summed E-state index contributed by atoms with van der Waals surface area (Å²) in [5.41, 5.74) is 0.284. The Morgan fingerprint density at radius 2 is 1.65 bits per heavy atom. The lowest BCUT2D eigenvalue weighted by atomic mass is 9.54. The van der Waals surface area contributed by atoms with Gasteiger partial charge in [0.05, 0.1) is 0 Å². The first kappa shape index (κ1) is 21.8. The smallest absolute Gasteiger partial charge is 0.333 e. The van der Waals surface area contributed by atoms with Gasteiger partial charge in [-0.1, -0.05) is 87.5 Å². The van der Waals surface area contributed by atoms with E-state index in [0.717, 1.165) is 36.8 Å². The van der Waals surface area contributed by atoms with Gasteiger partial charge in [0.15, 0.2) is 0 Å². The van der Waals surface area contributed by atoms with Gasteiger partial charge in [0.2, 0.25) is 0 Å². The van der Waals surface area contributed by atoms with E-state index in [0.29, 0.717) is 11.5 Å². The number of ether oxygens (including phenoxy) is 1. The van der Waals surface area contributed by atoms with E-state index in [1.807, 2.05) is 80.6 Å². The predicted molar refractivity (Wildman–Crippen MR) is 123 cm³/mol. The quantitative estimate of drug-likeness (QED) is 0.461. The molecule has 3 heteroatoms. The molecule has 164 valence electrons. The summed E-state index contributed by atoms with van der Waals surface area (Å²) in [6.07, 6.45) is 5.00. The van der Waals surface area contributed by atoms with Gasteiger partial charge in [-0.25, -0.2) is 4.79 Å². The van der Waals surface area contributed by atoms with E-state index in [4.69, 9.17) is 4.74 Å². The third-order valence-electron chi connectivity index (χ3n) is 8.22. The maximum atomic E-state index is 12.9. The number of hydrogen-bond acceptors (Lipinski definition) is 3. The van der Waals surface area contributed by atoms with Crippen molar-refractivity contribution in [2.24, 2.45) is 16.7 Å². The summed E-state index contributed by atoms with van der Waals surface area (Å²) in [5, 5.41) is 12.8. The average Bonchev–Trinajstić information content (AvgIpc) is 3.17. The molecule has 3 unspecified atom stereocenters. The molecule has 4 rings (SSSR count). The molecule has 3 atom stereocenters. The second-order valence-corrected chi connectivity index (χ2v) is 9.80. The van der Waals surface area contributed by atoms with Gasteiger partial charge in [-0.2, -0.15) is 0 Å². The van der Waals surface area contributed by atoms with Gasteiger partial charge < -0.3 is 9.84 Å². The lowest BCUT2D eigenvalue weighted by Gasteiger charge is -2.53. The number of rotatable bonds is 6. The lowest BCUT2D eigenvalue weighted by molar-refractivity contribution is -0.181. The number of hydrogen-bond donors (Lipinski definition) is 1. The molecule has 0 aromatic heterocycles. The van der Waals surface area contributed by atoms with E-state index < -0.39 is 11.0 Å². The molecule has 3 nitrogen and oxygen atoms in total. The highest BCUT2D eigenvalue weighted by atomic mass is 16.5. The molecule has 0 radical (unpaired) electrons. The van der Waals surface area contributed by atoms with Gasteiger partial charge >= 0.3 is 5.97 Å². The molecular weight excluding hydrogens is 384 g/mol. The first-order valence-electron chi connectivity index (χ1n) is 11.5. The first-order chi connectivity index (χ1) is 14.8. The van der Waals surface area contributed by atoms with Crippen LogP contribution in [0.25, 0.3) is 0 Å². The van der Waals surface area contributed by atoms with Crippen molar-refractivity contribution in [1.82, 2.24) is 0 Å². The van der Waals surface area contributed by atoms with Crippen LogP contribution in [0, 0.1) is 16.7 Å². The number of aliphatic hydroxyl groups is 1. The van der Waals surface area contributed by atoms with Crippen LogP contribution in [0.4, 0.5) is 0 Å². The number of benzene rings is 2. The van der Waals surface area contributed by atoms with Gasteiger partial charge in [0.1, 0.15) is 11.7 Å². The summed E-state index contributed by atoms with van der Waals surface area (Å²) in [4.78, 5) is 12.9. The van der Waals surface area contributed by atoms with Gasteiger partial charge in [0.25, 0.3) is 0 Å². The monoisotopic (exact) mass is 418 g/mol. The Labute approximate surface area is 186 Å². The maximum absolute atomic E-state index is 12.9. The van der Waals surface area contributed by atoms with E-state index in [-0.39, 0.29) is 17.5 Å². The Balaban J connectivity index is 1.90. The molecule has 2 saturated carbocycles. The molecule has 0 spiro atoms. The Hall–Kier alpha value is -2.39. The third kappa shape index (κ3) is 3.09. The number of allylic oxidation sites excluding steroid dienone is 1. The minimum Gasteiger partial charge on any atom is -0.458 e. The second kappa shape index (κ2) is 7.94. The van der Waals surface area contributed by atoms with Crippen LogP contribution in [0.5, 0.6) is 0 Å². The fraction of sp³-hybridized carbons (Fsp3) is 0.464. The summed E-state index contributed by atoms with van der Waals surface area (Å²) in [6.45, 7) is 8.34. The van der Waals surface area contributed by atoms with Crippen LogP contribution >= 0.6 is 0 Å². The van der Waals surface area contributed by atoms with Gasteiger partial charge in [-0.05, 0) is 55.1 Å². The average molecular weight is 419 g/mol. The fourth-order valence-electron chi connectivity index (χ4n) is 6.58. The molecule has 1 N–H and O–H groups in total. The van der Waals surface area contributed by atoms with Crippen molar-refractivity contribution in [3.05, 3.63) is 83.4 Å². The third-order valence-corrected chi connectivity index (χ3v) is 8.22. The Morgan fingerprint density at radius 1 is 1.10 bits per heavy atom. The molecule has 2 aliphatic rings. The standard InChI is InChI=1S/C28H34O3/c1-5-12-20(2)25(29)31-24-19-23-17-18-27(24,26(23,3)4)28(30,21-13-8-6-9-14-21)22-15-10-7-11-16-22/h6-16,23-24,30H,5,17-19H2,1-4H3/b20-12+. The topological polar surface area (TPSA) is 46.5 Å². The fourth-order valence-corrected chi connectivity index (χ4v) is 6.58. The van der Waals surface area contributed by atoms with E-state index in [2.05, 4.69) is 13.8 Å². The SMILES string of the molecule is CC/C=C(\C)C(=O)OC1CC2CCC1(C(O)(c1ccccc1)c1ccccc1)C2(C)C. The highest BCUT2D eigenvalue weighted by Crippen LogP contribution is 2.73. The summed E-state index contributed by atoms with van der Waals surface area (Å²) in [6, 6.07) is 19.9. The molecule has 2 aromatic rings. The Kier molecular flexibility index (Phi) is 5.59. The van der Waals surface area contributed by atoms with Crippen molar-refractivity contribution in [3.8, 4) is 0 Å². The van der Waals surface area contributed by atoms with Crippen LogP contribution in [-0.2, 0) is 15.1 Å². The lowest BCUT2D eigenvalue weighted by Crippen LogP contribution is -2.57. The second-order valence-electron chi connectivity index (χ2n) is 9.80. The maximum Gasteiger partial charge on any atom is 0.333 e. The van der Waals surface area contributed by atoms with Crippen LogP contribution in [0.2, 0.25) is 0 Å². The molecule has 0 aliphatic heterocycles. The zero-order valence-electron chi connectivity index (χ0n) is 19.1. The molecule has 0 heterocycles. The zero-order valence-corrected chi connectivity index (χ0v) is 19.1. The Morgan fingerprint density at radius 3 is 2.13 bits per heavy atom. The Bertz CT molecular complexity index is 921. The van der Waals surface area contributed by atoms with Crippen molar-refractivity contribution in [2.45, 2.75) is 65.1 Å². The van der Waals surface area contributed by atoms with Crippen LogP contribution < -0.4 is 0 Å². The molecule has 2 fully saturated rings. The van der Waals surface area contributed by atoms with E-state index in [1.54, 1.807) is 0 Å². The number of fused-ring (bicyclic) bond motifs is 2. The van der Waals surface area contributed by atoms with Crippen LogP contribution in [0.3, 0.4) is 0 Å². The largest absolute Gasteiger partial charge is 0.458 e. The first-order valence-corrected chi connectivity index (χ1v) is 11.5. The summed E-state index contributed by atoms with van der Waals surface area (Å²) in [7, 11) is 0. The molecule has 2 bridgehead atoms. The number of carbonyl (C=O) groups is 1. The molecule has 2 aliphatic carbocycles. The van der Waals surface area contributed by atoms with Crippen LogP contribution in [0.15, 0.2) is 72.3 Å². The van der Waals surface area contributed by atoms with E-state index in [1.165, 1.54) is 0 Å². The molecule has 0 amide bonds. The number of esters is 1. The minimum absolute atomic E-state index is 0.194. The number of carbonyl (C=O) groups excluding carboxylic acids is 1. The highest BCUT2D eigenvalue weighted by Gasteiger charge is 2.74. The van der Waals surface area contributed by atoms with Crippen LogP contribution in [0.1, 0.15) is 64.5 Å². The minimum atomic E-state index is -1.27. The molecular formula is C28H34O3. The van der Waals surface area contributed by atoms with Crippen molar-refractivity contribution >= 4 is 5.97 Å².